The van der Waals surface area contributed by atoms with Crippen LogP contribution in [0.5, 0.6) is 0 Å². The van der Waals surface area contributed by atoms with Gasteiger partial charge in [0.1, 0.15) is 6.67 Å². The maximum Gasteiger partial charge on any atom is 0.109 e. The Labute approximate surface area is 92.9 Å². The van der Waals surface area contributed by atoms with Gasteiger partial charge in [0.25, 0.3) is 0 Å². The van der Waals surface area contributed by atoms with Gasteiger partial charge in [-0.1, -0.05) is 5.92 Å². The molecule has 3 nitrogen and oxygen atoms in total. The average molecular weight is 215 g/mol. The Kier molecular flexibility index (Phi) is 2.97. The monoisotopic (exact) mass is 215 g/mol. The first kappa shape index (κ1) is 10.4. The van der Waals surface area contributed by atoms with E-state index in [1.54, 1.807) is 23.3 Å². The van der Waals surface area contributed by atoms with Crippen LogP contribution in [0.25, 0.3) is 11.3 Å². The number of halogens is 1. The number of pyridine rings is 1. The van der Waals surface area contributed by atoms with Crippen molar-refractivity contribution in [2.24, 2.45) is 0 Å². The molecule has 0 spiro atoms. The quantitative estimate of drug-likeness (QED) is 0.732. The van der Waals surface area contributed by atoms with E-state index >= 15 is 0 Å². The van der Waals surface area contributed by atoms with Crippen molar-refractivity contribution in [3.05, 3.63) is 36.3 Å². The van der Waals surface area contributed by atoms with Gasteiger partial charge in [-0.15, -0.1) is 6.42 Å². The molecule has 0 bridgehead atoms. The molecule has 2 aromatic rings. The van der Waals surface area contributed by atoms with Gasteiger partial charge in [-0.3, -0.25) is 9.67 Å². The third kappa shape index (κ3) is 2.09. The summed E-state index contributed by atoms with van der Waals surface area (Å²) in [5.74, 6) is 2.50. The largest absolute Gasteiger partial charge is 0.269 e. The predicted octanol–water partition coefficient (Wildman–Crippen LogP) is 1.90. The molecule has 0 aliphatic heterocycles. The van der Waals surface area contributed by atoms with Crippen molar-refractivity contribution < 1.29 is 4.39 Å². The van der Waals surface area contributed by atoms with Crippen molar-refractivity contribution in [1.29, 1.82) is 0 Å². The minimum atomic E-state index is -0.426. The highest BCUT2D eigenvalue weighted by molar-refractivity contribution is 5.57. The number of hydrogen-bond donors (Lipinski definition) is 0. The average Bonchev–Trinajstić information content (AvgIpc) is 2.78. The molecule has 4 heteroatoms. The Morgan fingerprint density at radius 2 is 2.25 bits per heavy atom. The minimum absolute atomic E-state index is 0.266. The van der Waals surface area contributed by atoms with Crippen LogP contribution in [0.1, 0.15) is 5.56 Å². The summed E-state index contributed by atoms with van der Waals surface area (Å²) in [5, 5.41) is 4.02. The number of aromatic nitrogens is 3. The van der Waals surface area contributed by atoms with Crippen LogP contribution < -0.4 is 0 Å². The van der Waals surface area contributed by atoms with Crippen molar-refractivity contribution in [3.8, 4) is 23.6 Å². The molecular formula is C12H10FN3. The Bertz CT molecular complexity index is 508. The van der Waals surface area contributed by atoms with Crippen LogP contribution in [0.3, 0.4) is 0 Å². The fourth-order valence-electron chi connectivity index (χ4n) is 1.35. The maximum atomic E-state index is 12.1. The normalized spacial score (nSPS) is 10.0. The van der Waals surface area contributed by atoms with Gasteiger partial charge in [0.2, 0.25) is 0 Å². The Hall–Kier alpha value is -2.15. The summed E-state index contributed by atoms with van der Waals surface area (Å²) in [7, 11) is 0. The molecule has 0 aliphatic carbocycles. The van der Waals surface area contributed by atoms with Gasteiger partial charge in [-0.2, -0.15) is 5.10 Å². The van der Waals surface area contributed by atoms with Crippen molar-refractivity contribution in [3.63, 3.8) is 0 Å². The lowest BCUT2D eigenvalue weighted by Crippen LogP contribution is -1.98. The summed E-state index contributed by atoms with van der Waals surface area (Å²) in [4.78, 5) is 4.20. The zero-order valence-electron chi connectivity index (χ0n) is 8.60. The molecule has 0 fully saturated rings. The van der Waals surface area contributed by atoms with Crippen molar-refractivity contribution in [2.45, 2.75) is 6.54 Å². The summed E-state index contributed by atoms with van der Waals surface area (Å²) in [6.07, 6.45) is 10.3. The third-order valence-corrected chi connectivity index (χ3v) is 2.17. The molecule has 0 saturated heterocycles. The molecule has 2 aromatic heterocycles. The second-order valence-corrected chi connectivity index (χ2v) is 3.26. The van der Waals surface area contributed by atoms with Gasteiger partial charge in [0, 0.05) is 23.5 Å². The van der Waals surface area contributed by atoms with Gasteiger partial charge in [0.15, 0.2) is 0 Å². The molecule has 2 rings (SSSR count). The summed E-state index contributed by atoms with van der Waals surface area (Å²) in [6.45, 7) is -0.160. The summed E-state index contributed by atoms with van der Waals surface area (Å²) >= 11 is 0. The van der Waals surface area contributed by atoms with E-state index in [4.69, 9.17) is 6.42 Å². The number of aryl methyl sites for hydroxylation is 1. The van der Waals surface area contributed by atoms with E-state index in [-0.39, 0.29) is 6.54 Å². The molecule has 2 heterocycles. The highest BCUT2D eigenvalue weighted by atomic mass is 19.1. The highest BCUT2D eigenvalue weighted by Gasteiger charge is 2.02. The van der Waals surface area contributed by atoms with Gasteiger partial charge in [0.05, 0.1) is 18.4 Å². The van der Waals surface area contributed by atoms with Crippen LogP contribution >= 0.6 is 0 Å². The van der Waals surface area contributed by atoms with Gasteiger partial charge < -0.3 is 0 Å². The molecule has 0 amide bonds. The van der Waals surface area contributed by atoms with Crippen molar-refractivity contribution in [1.82, 2.24) is 14.8 Å². The van der Waals surface area contributed by atoms with Crippen LogP contribution in [0, 0.1) is 12.3 Å². The maximum absolute atomic E-state index is 12.1. The van der Waals surface area contributed by atoms with Crippen LogP contribution in [0.15, 0.2) is 30.7 Å². The Morgan fingerprint density at radius 3 is 2.88 bits per heavy atom. The number of alkyl halides is 1. The molecule has 0 atom stereocenters. The zero-order chi connectivity index (χ0) is 11.4. The van der Waals surface area contributed by atoms with E-state index in [0.29, 0.717) is 0 Å². The number of hydrogen-bond acceptors (Lipinski definition) is 2. The van der Waals surface area contributed by atoms with Gasteiger partial charge >= 0.3 is 0 Å². The lowest BCUT2D eigenvalue weighted by molar-refractivity contribution is 0.427. The smallest absolute Gasteiger partial charge is 0.109 e. The minimum Gasteiger partial charge on any atom is -0.269 e. The Balaban J connectivity index is 2.25. The second-order valence-electron chi connectivity index (χ2n) is 3.26. The highest BCUT2D eigenvalue weighted by Crippen LogP contribution is 2.15. The van der Waals surface area contributed by atoms with Crippen LogP contribution in [-0.2, 0) is 6.54 Å². The second kappa shape index (κ2) is 4.58. The van der Waals surface area contributed by atoms with E-state index in [1.807, 2.05) is 12.1 Å². The predicted molar refractivity (Wildman–Crippen MR) is 59.4 cm³/mol. The van der Waals surface area contributed by atoms with E-state index in [0.717, 1.165) is 16.8 Å². The topological polar surface area (TPSA) is 30.7 Å². The summed E-state index contributed by atoms with van der Waals surface area (Å²) in [5.41, 5.74) is 2.38. The zero-order valence-corrected chi connectivity index (χ0v) is 8.60. The summed E-state index contributed by atoms with van der Waals surface area (Å²) < 4.78 is 13.6. The first-order valence-corrected chi connectivity index (χ1v) is 4.85. The molecule has 0 unspecified atom stereocenters. The van der Waals surface area contributed by atoms with E-state index in [1.165, 1.54) is 0 Å². The molecule has 16 heavy (non-hydrogen) atoms. The molecule has 0 N–H and O–H groups in total. The molecule has 0 saturated carbocycles. The fourth-order valence-corrected chi connectivity index (χ4v) is 1.35. The number of terminal acetylenes is 1. The molecular weight excluding hydrogens is 205 g/mol. The van der Waals surface area contributed by atoms with Crippen molar-refractivity contribution in [2.75, 3.05) is 6.67 Å². The molecule has 0 aromatic carbocycles. The molecule has 0 radical (unpaired) electrons. The van der Waals surface area contributed by atoms with E-state index in [9.17, 15) is 4.39 Å². The van der Waals surface area contributed by atoms with Gasteiger partial charge in [-0.25, -0.2) is 4.39 Å². The Morgan fingerprint density at radius 1 is 1.38 bits per heavy atom. The number of nitrogens with zero attached hydrogens (tertiary/aromatic N) is 3. The SMILES string of the molecule is C#Cc1ccc(-c2cnn(CCF)c2)nc1. The number of rotatable bonds is 3. The lowest BCUT2D eigenvalue weighted by Gasteiger charge is -1.96. The van der Waals surface area contributed by atoms with Crippen molar-refractivity contribution >= 4 is 0 Å². The summed E-state index contributed by atoms with van der Waals surface area (Å²) in [6, 6.07) is 3.64. The lowest BCUT2D eigenvalue weighted by atomic mass is 10.2. The first-order chi connectivity index (χ1) is 7.83. The van der Waals surface area contributed by atoms with E-state index in [2.05, 4.69) is 16.0 Å². The third-order valence-electron chi connectivity index (χ3n) is 2.17. The fraction of sp³-hybridized carbons (Fsp3) is 0.167. The van der Waals surface area contributed by atoms with Gasteiger partial charge in [-0.05, 0) is 12.1 Å². The van der Waals surface area contributed by atoms with Crippen LogP contribution in [-0.4, -0.2) is 21.4 Å². The molecule has 80 valence electrons. The first-order valence-electron chi connectivity index (χ1n) is 4.85. The van der Waals surface area contributed by atoms with Crippen LogP contribution in [0.4, 0.5) is 4.39 Å². The standard InChI is InChI=1S/C12H10FN3/c1-2-10-3-4-12(14-7-10)11-8-15-16(9-11)6-5-13/h1,3-4,7-9H,5-6H2. The van der Waals surface area contributed by atoms with E-state index < -0.39 is 6.67 Å². The molecule has 0 aliphatic rings. The van der Waals surface area contributed by atoms with Crippen LogP contribution in [0.2, 0.25) is 0 Å².